The minimum absolute atomic E-state index is 0.268. The number of morpholine rings is 1. The molecule has 1 fully saturated rings. The smallest absolute Gasteiger partial charge is 0.148 e. The van der Waals surface area contributed by atoms with Crippen LogP contribution in [0.3, 0.4) is 0 Å². The minimum Gasteiger partial charge on any atom is -0.373 e. The molecule has 1 saturated heterocycles. The first-order chi connectivity index (χ1) is 7.69. The van der Waals surface area contributed by atoms with Crippen LogP contribution in [0.15, 0.2) is 0 Å². The third-order valence-electron chi connectivity index (χ3n) is 2.56. The molecule has 0 bridgehead atoms. The molecule has 2 rings (SSSR count). The first-order valence-electron chi connectivity index (χ1n) is 5.34. The number of rotatable bonds is 3. The van der Waals surface area contributed by atoms with Gasteiger partial charge in [0.25, 0.3) is 0 Å². The van der Waals surface area contributed by atoms with E-state index in [0.29, 0.717) is 0 Å². The number of nitrogens with one attached hydrogen (secondary N) is 1. The molecule has 6 nitrogen and oxygen atoms in total. The average molecular weight is 243 g/mol. The number of nitrogens with zero attached hydrogens (tertiary/aromatic N) is 3. The van der Waals surface area contributed by atoms with Gasteiger partial charge in [0.2, 0.25) is 0 Å². The van der Waals surface area contributed by atoms with Gasteiger partial charge in [0.05, 0.1) is 12.2 Å². The molecule has 0 saturated carbocycles. The van der Waals surface area contributed by atoms with Crippen LogP contribution in [0.1, 0.15) is 19.5 Å². The number of aromatic nitrogens is 2. The fraction of sp³-hybridized carbons (Fsp3) is 0.778. The molecule has 1 aromatic heterocycles. The van der Waals surface area contributed by atoms with Crippen LogP contribution in [0.5, 0.6) is 0 Å². The van der Waals surface area contributed by atoms with E-state index < -0.39 is 0 Å². The summed E-state index contributed by atoms with van der Waals surface area (Å²) in [5.41, 5.74) is 3.53. The second-order valence-electron chi connectivity index (χ2n) is 4.14. The molecular weight excluding hydrogens is 226 g/mol. The summed E-state index contributed by atoms with van der Waals surface area (Å²) < 4.78 is 9.56. The SMILES string of the molecule is C[C@@H]1CN(Cc2nnsc2NN)C[C@H](C)O1. The van der Waals surface area contributed by atoms with Crippen LogP contribution in [0, 0.1) is 0 Å². The molecular formula is C9H17N5OS. The van der Waals surface area contributed by atoms with Gasteiger partial charge in [-0.1, -0.05) is 4.49 Å². The van der Waals surface area contributed by atoms with E-state index >= 15 is 0 Å². The number of nitrogen functional groups attached to an aromatic ring is 1. The van der Waals surface area contributed by atoms with E-state index in [4.69, 9.17) is 10.6 Å². The van der Waals surface area contributed by atoms with Crippen molar-refractivity contribution >= 4 is 16.5 Å². The van der Waals surface area contributed by atoms with E-state index in [1.807, 2.05) is 0 Å². The second kappa shape index (κ2) is 5.05. The zero-order valence-corrected chi connectivity index (χ0v) is 10.3. The molecule has 7 heteroatoms. The maximum absolute atomic E-state index is 5.68. The molecule has 0 radical (unpaired) electrons. The third-order valence-corrected chi connectivity index (χ3v) is 3.25. The van der Waals surface area contributed by atoms with E-state index in [-0.39, 0.29) is 12.2 Å². The van der Waals surface area contributed by atoms with E-state index in [9.17, 15) is 0 Å². The number of hydrogen-bond acceptors (Lipinski definition) is 7. The van der Waals surface area contributed by atoms with Gasteiger partial charge in [-0.25, -0.2) is 5.84 Å². The van der Waals surface area contributed by atoms with Crippen molar-refractivity contribution in [1.82, 2.24) is 14.5 Å². The van der Waals surface area contributed by atoms with Crippen LogP contribution in [0.2, 0.25) is 0 Å². The number of hydrogen-bond donors (Lipinski definition) is 2. The van der Waals surface area contributed by atoms with Gasteiger partial charge in [0, 0.05) is 31.2 Å². The Hall–Kier alpha value is -0.760. The Bertz CT molecular complexity index is 334. The standard InChI is InChI=1S/C9H17N5OS/c1-6-3-14(4-7(2)15-6)5-8-9(11-10)16-13-12-8/h6-7,11H,3-5,10H2,1-2H3/t6-,7+. The Labute approximate surface area is 98.9 Å². The Morgan fingerprint density at radius 3 is 2.81 bits per heavy atom. The Morgan fingerprint density at radius 2 is 2.19 bits per heavy atom. The molecule has 16 heavy (non-hydrogen) atoms. The maximum atomic E-state index is 5.68. The zero-order chi connectivity index (χ0) is 11.5. The number of nitrogens with two attached hydrogens (primary N) is 1. The molecule has 2 heterocycles. The summed E-state index contributed by atoms with van der Waals surface area (Å²) in [7, 11) is 0. The fourth-order valence-corrected chi connectivity index (χ4v) is 2.53. The molecule has 0 spiro atoms. The molecule has 0 aromatic carbocycles. The molecule has 1 aromatic rings. The Balaban J connectivity index is 1.98. The van der Waals surface area contributed by atoms with Gasteiger partial charge >= 0.3 is 0 Å². The molecule has 3 N–H and O–H groups in total. The van der Waals surface area contributed by atoms with Crippen LogP contribution in [-0.4, -0.2) is 39.8 Å². The monoisotopic (exact) mass is 243 g/mol. The van der Waals surface area contributed by atoms with Crippen molar-refractivity contribution in [2.45, 2.75) is 32.6 Å². The number of anilines is 1. The van der Waals surface area contributed by atoms with Gasteiger partial charge < -0.3 is 10.2 Å². The van der Waals surface area contributed by atoms with Crippen molar-refractivity contribution in [3.8, 4) is 0 Å². The minimum atomic E-state index is 0.268. The van der Waals surface area contributed by atoms with Crippen LogP contribution >= 0.6 is 11.5 Å². The van der Waals surface area contributed by atoms with Crippen LogP contribution in [0.4, 0.5) is 5.00 Å². The number of hydrazine groups is 1. The van der Waals surface area contributed by atoms with Crippen molar-refractivity contribution < 1.29 is 4.74 Å². The third kappa shape index (κ3) is 2.67. The molecule has 0 amide bonds. The van der Waals surface area contributed by atoms with Crippen molar-refractivity contribution in [3.05, 3.63) is 5.69 Å². The van der Waals surface area contributed by atoms with E-state index in [2.05, 4.69) is 33.8 Å². The van der Waals surface area contributed by atoms with Gasteiger partial charge in [-0.3, -0.25) is 4.90 Å². The van der Waals surface area contributed by atoms with Crippen molar-refractivity contribution in [1.29, 1.82) is 0 Å². The van der Waals surface area contributed by atoms with Crippen LogP contribution < -0.4 is 11.3 Å². The normalized spacial score (nSPS) is 26.9. The van der Waals surface area contributed by atoms with E-state index in [0.717, 1.165) is 30.3 Å². The molecule has 2 atom stereocenters. The molecule has 1 aliphatic heterocycles. The topological polar surface area (TPSA) is 76.3 Å². The lowest BCUT2D eigenvalue weighted by atomic mass is 10.2. The molecule has 0 aliphatic carbocycles. The second-order valence-corrected chi connectivity index (χ2v) is 4.90. The van der Waals surface area contributed by atoms with Crippen molar-refractivity contribution in [3.63, 3.8) is 0 Å². The average Bonchev–Trinajstić information content (AvgIpc) is 2.63. The maximum Gasteiger partial charge on any atom is 0.148 e. The lowest BCUT2D eigenvalue weighted by Gasteiger charge is -2.34. The van der Waals surface area contributed by atoms with Gasteiger partial charge in [-0.2, -0.15) is 0 Å². The van der Waals surface area contributed by atoms with E-state index in [1.165, 1.54) is 11.5 Å². The van der Waals surface area contributed by atoms with Gasteiger partial charge in [0.15, 0.2) is 0 Å². The summed E-state index contributed by atoms with van der Waals surface area (Å²) in [5, 5.41) is 4.91. The zero-order valence-electron chi connectivity index (χ0n) is 9.51. The highest BCUT2D eigenvalue weighted by Gasteiger charge is 2.23. The van der Waals surface area contributed by atoms with Crippen LogP contribution in [0.25, 0.3) is 0 Å². The summed E-state index contributed by atoms with van der Waals surface area (Å²) in [5.74, 6) is 5.39. The van der Waals surface area contributed by atoms with Gasteiger partial charge in [0.1, 0.15) is 10.7 Å². The highest BCUT2D eigenvalue weighted by atomic mass is 32.1. The molecule has 1 aliphatic rings. The molecule has 0 unspecified atom stereocenters. The quantitative estimate of drug-likeness (QED) is 0.592. The van der Waals surface area contributed by atoms with Gasteiger partial charge in [-0.05, 0) is 13.8 Å². The fourth-order valence-electron chi connectivity index (χ4n) is 2.05. The predicted molar refractivity (Wildman–Crippen MR) is 63.0 cm³/mol. The van der Waals surface area contributed by atoms with E-state index in [1.54, 1.807) is 0 Å². The summed E-state index contributed by atoms with van der Waals surface area (Å²) in [6, 6.07) is 0. The van der Waals surface area contributed by atoms with Crippen molar-refractivity contribution in [2.75, 3.05) is 18.5 Å². The largest absolute Gasteiger partial charge is 0.373 e. The highest BCUT2D eigenvalue weighted by molar-refractivity contribution is 7.10. The Kier molecular flexibility index (Phi) is 3.70. The highest BCUT2D eigenvalue weighted by Crippen LogP contribution is 2.20. The summed E-state index contributed by atoms with van der Waals surface area (Å²) in [6.07, 6.45) is 0.536. The first-order valence-corrected chi connectivity index (χ1v) is 6.12. The van der Waals surface area contributed by atoms with Gasteiger partial charge in [-0.15, -0.1) is 5.10 Å². The Morgan fingerprint density at radius 1 is 1.50 bits per heavy atom. The summed E-state index contributed by atoms with van der Waals surface area (Å²) in [4.78, 5) is 2.32. The van der Waals surface area contributed by atoms with Crippen LogP contribution in [-0.2, 0) is 11.3 Å². The summed E-state index contributed by atoms with van der Waals surface area (Å²) >= 11 is 1.28. The molecule has 90 valence electrons. The first kappa shape index (κ1) is 11.7. The number of ether oxygens (including phenoxy) is 1. The predicted octanol–water partition coefficient (Wildman–Crippen LogP) is 0.433. The lowest BCUT2D eigenvalue weighted by Crippen LogP contribution is -2.45. The lowest BCUT2D eigenvalue weighted by molar-refractivity contribution is -0.0707. The van der Waals surface area contributed by atoms with Crippen molar-refractivity contribution in [2.24, 2.45) is 5.84 Å². The summed E-state index contributed by atoms with van der Waals surface area (Å²) in [6.45, 7) is 6.79.